The molecule has 1 saturated heterocycles. The lowest BCUT2D eigenvalue weighted by molar-refractivity contribution is -0.167. The maximum atomic E-state index is 11.3. The van der Waals surface area contributed by atoms with Gasteiger partial charge in [-0.3, -0.25) is 9.59 Å². The first-order valence-corrected chi connectivity index (χ1v) is 5.18. The van der Waals surface area contributed by atoms with Gasteiger partial charge in [0.1, 0.15) is 0 Å². The van der Waals surface area contributed by atoms with E-state index in [2.05, 4.69) is 5.32 Å². The topological polar surface area (TPSA) is 55.4 Å². The quantitative estimate of drug-likeness (QED) is 0.606. The van der Waals surface area contributed by atoms with E-state index in [0.717, 1.165) is 5.56 Å². The average Bonchev–Trinajstić information content (AvgIpc) is 2.26. The van der Waals surface area contributed by atoms with E-state index in [1.165, 1.54) is 6.92 Å². The first-order chi connectivity index (χ1) is 7.66. The van der Waals surface area contributed by atoms with Crippen LogP contribution in [0, 0.1) is 5.92 Å². The molecule has 1 fully saturated rings. The maximum Gasteiger partial charge on any atom is 0.304 e. The second-order valence-electron chi connectivity index (χ2n) is 3.83. The van der Waals surface area contributed by atoms with E-state index in [1.54, 1.807) is 0 Å². The monoisotopic (exact) mass is 219 g/mol. The Hall–Kier alpha value is -1.84. The van der Waals surface area contributed by atoms with Crippen LogP contribution in [0.1, 0.15) is 12.5 Å². The fraction of sp³-hybridized carbons (Fsp3) is 0.333. The Morgan fingerprint density at radius 1 is 1.38 bits per heavy atom. The molecule has 1 aliphatic rings. The second-order valence-corrected chi connectivity index (χ2v) is 3.83. The molecular weight excluding hydrogens is 206 g/mol. The molecule has 2 rings (SSSR count). The average molecular weight is 219 g/mol. The summed E-state index contributed by atoms with van der Waals surface area (Å²) in [6, 6.07) is 9.68. The number of carbonyl (C=O) groups excluding carboxylic acids is 2. The maximum absolute atomic E-state index is 11.3. The summed E-state index contributed by atoms with van der Waals surface area (Å²) in [5.74, 6) is -0.690. The zero-order valence-electron chi connectivity index (χ0n) is 8.97. The van der Waals surface area contributed by atoms with Gasteiger partial charge in [-0.05, 0) is 12.0 Å². The Balaban J connectivity index is 1.98. The van der Waals surface area contributed by atoms with Crippen molar-refractivity contribution in [3.05, 3.63) is 35.9 Å². The van der Waals surface area contributed by atoms with E-state index in [0.29, 0.717) is 6.42 Å². The van der Waals surface area contributed by atoms with E-state index >= 15 is 0 Å². The van der Waals surface area contributed by atoms with E-state index < -0.39 is 6.23 Å². The third kappa shape index (κ3) is 2.21. The van der Waals surface area contributed by atoms with Gasteiger partial charge in [0.25, 0.3) is 0 Å². The van der Waals surface area contributed by atoms with Crippen LogP contribution in [0.2, 0.25) is 0 Å². The van der Waals surface area contributed by atoms with Gasteiger partial charge in [-0.1, -0.05) is 30.3 Å². The summed E-state index contributed by atoms with van der Waals surface area (Å²) in [5.41, 5.74) is 1.07. The fourth-order valence-corrected chi connectivity index (χ4v) is 1.75. The van der Waals surface area contributed by atoms with Gasteiger partial charge < -0.3 is 10.1 Å². The van der Waals surface area contributed by atoms with Gasteiger partial charge in [0.2, 0.25) is 5.91 Å². The molecular formula is C12H13NO3. The molecule has 0 spiro atoms. The molecule has 0 aromatic heterocycles. The molecule has 2 atom stereocenters. The molecule has 84 valence electrons. The zero-order valence-corrected chi connectivity index (χ0v) is 8.97. The van der Waals surface area contributed by atoms with E-state index in [4.69, 9.17) is 4.74 Å². The van der Waals surface area contributed by atoms with Crippen LogP contribution in [-0.4, -0.2) is 18.1 Å². The smallest absolute Gasteiger partial charge is 0.304 e. The van der Waals surface area contributed by atoms with Crippen molar-refractivity contribution in [1.82, 2.24) is 5.32 Å². The number of esters is 1. The minimum atomic E-state index is -0.467. The summed E-state index contributed by atoms with van der Waals surface area (Å²) in [7, 11) is 0. The van der Waals surface area contributed by atoms with Crippen LogP contribution >= 0.6 is 0 Å². The van der Waals surface area contributed by atoms with Crippen LogP contribution < -0.4 is 5.32 Å². The summed E-state index contributed by atoms with van der Waals surface area (Å²) in [4.78, 5) is 22.1. The lowest BCUT2D eigenvalue weighted by Gasteiger charge is -2.35. The summed E-state index contributed by atoms with van der Waals surface area (Å²) < 4.78 is 4.97. The number of benzene rings is 1. The first kappa shape index (κ1) is 10.7. The number of nitrogens with one attached hydrogen (secondary N) is 1. The highest BCUT2D eigenvalue weighted by molar-refractivity contribution is 5.86. The van der Waals surface area contributed by atoms with Gasteiger partial charge in [0.05, 0.1) is 5.92 Å². The number of hydrogen-bond donors (Lipinski definition) is 1. The fourth-order valence-electron chi connectivity index (χ4n) is 1.75. The molecule has 1 heterocycles. The van der Waals surface area contributed by atoms with Gasteiger partial charge in [-0.15, -0.1) is 0 Å². The van der Waals surface area contributed by atoms with Gasteiger partial charge in [0, 0.05) is 6.92 Å². The van der Waals surface area contributed by atoms with Crippen LogP contribution in [0.4, 0.5) is 0 Å². The predicted octanol–water partition coefficient (Wildman–Crippen LogP) is 0.864. The van der Waals surface area contributed by atoms with Gasteiger partial charge in [-0.2, -0.15) is 0 Å². The van der Waals surface area contributed by atoms with Crippen molar-refractivity contribution in [2.45, 2.75) is 19.6 Å². The molecule has 0 radical (unpaired) electrons. The molecule has 0 bridgehead atoms. The lowest BCUT2D eigenvalue weighted by atomic mass is 9.91. The molecule has 2 unspecified atom stereocenters. The molecule has 0 saturated carbocycles. The van der Waals surface area contributed by atoms with Crippen LogP contribution in [-0.2, 0) is 20.7 Å². The number of β-lactam (4-membered cyclic amide) rings is 1. The molecule has 1 aromatic carbocycles. The molecule has 1 amide bonds. The molecule has 4 nitrogen and oxygen atoms in total. The summed E-state index contributed by atoms with van der Waals surface area (Å²) >= 11 is 0. The Kier molecular flexibility index (Phi) is 2.90. The van der Waals surface area contributed by atoms with Crippen LogP contribution in [0.3, 0.4) is 0 Å². The number of rotatable bonds is 3. The van der Waals surface area contributed by atoms with Crippen molar-refractivity contribution >= 4 is 11.9 Å². The minimum absolute atomic E-state index is 0.0601. The van der Waals surface area contributed by atoms with Crippen molar-refractivity contribution in [2.24, 2.45) is 5.92 Å². The standard InChI is InChI=1S/C12H13NO3/c1-8(14)16-12-10(11(15)13-12)7-9-5-3-2-4-6-9/h2-6,10,12H,7H2,1H3,(H,13,15). The lowest BCUT2D eigenvalue weighted by Crippen LogP contribution is -2.60. The summed E-state index contributed by atoms with van der Waals surface area (Å²) in [6.07, 6.45) is 0.134. The summed E-state index contributed by atoms with van der Waals surface area (Å²) in [6.45, 7) is 1.34. The highest BCUT2D eigenvalue weighted by Gasteiger charge is 2.41. The molecule has 0 aliphatic carbocycles. The Morgan fingerprint density at radius 2 is 2.06 bits per heavy atom. The van der Waals surface area contributed by atoms with Crippen LogP contribution in [0.25, 0.3) is 0 Å². The third-order valence-electron chi connectivity index (χ3n) is 2.58. The van der Waals surface area contributed by atoms with Crippen LogP contribution in [0.5, 0.6) is 0 Å². The number of hydrogen-bond acceptors (Lipinski definition) is 3. The van der Waals surface area contributed by atoms with Gasteiger partial charge in [-0.25, -0.2) is 0 Å². The summed E-state index contributed by atoms with van der Waals surface area (Å²) in [5, 5.41) is 2.56. The number of amides is 1. The molecule has 1 aliphatic heterocycles. The first-order valence-electron chi connectivity index (χ1n) is 5.18. The Labute approximate surface area is 93.6 Å². The van der Waals surface area contributed by atoms with Crippen LogP contribution in [0.15, 0.2) is 30.3 Å². The SMILES string of the molecule is CC(=O)OC1NC(=O)C1Cc1ccccc1. The van der Waals surface area contributed by atoms with Crippen molar-refractivity contribution in [2.75, 3.05) is 0 Å². The van der Waals surface area contributed by atoms with E-state index in [-0.39, 0.29) is 17.8 Å². The molecule has 4 heteroatoms. The second kappa shape index (κ2) is 4.35. The zero-order chi connectivity index (χ0) is 11.5. The molecule has 16 heavy (non-hydrogen) atoms. The molecule has 1 N–H and O–H groups in total. The third-order valence-corrected chi connectivity index (χ3v) is 2.58. The predicted molar refractivity (Wildman–Crippen MR) is 57.3 cm³/mol. The van der Waals surface area contributed by atoms with Crippen molar-refractivity contribution in [1.29, 1.82) is 0 Å². The van der Waals surface area contributed by atoms with E-state index in [9.17, 15) is 9.59 Å². The molecule has 1 aromatic rings. The highest BCUT2D eigenvalue weighted by atomic mass is 16.6. The van der Waals surface area contributed by atoms with E-state index in [1.807, 2.05) is 30.3 Å². The minimum Gasteiger partial charge on any atom is -0.441 e. The van der Waals surface area contributed by atoms with Gasteiger partial charge in [0.15, 0.2) is 6.23 Å². The highest BCUT2D eigenvalue weighted by Crippen LogP contribution is 2.21. The van der Waals surface area contributed by atoms with Crippen molar-refractivity contribution in [3.63, 3.8) is 0 Å². The van der Waals surface area contributed by atoms with Gasteiger partial charge >= 0.3 is 5.97 Å². The number of ether oxygens (including phenoxy) is 1. The Bertz CT molecular complexity index is 402. The van der Waals surface area contributed by atoms with Crippen molar-refractivity contribution in [3.8, 4) is 0 Å². The number of carbonyl (C=O) groups is 2. The largest absolute Gasteiger partial charge is 0.441 e. The normalized spacial score (nSPS) is 23.2. The van der Waals surface area contributed by atoms with Crippen molar-refractivity contribution < 1.29 is 14.3 Å². The Morgan fingerprint density at radius 3 is 2.62 bits per heavy atom.